The van der Waals surface area contributed by atoms with Crippen LogP contribution in [0.2, 0.25) is 0 Å². The highest BCUT2D eigenvalue weighted by atomic mass is 16.6. The first-order chi connectivity index (χ1) is 13.1. The van der Waals surface area contributed by atoms with Gasteiger partial charge in [0.05, 0.1) is 6.61 Å². The number of carbonyl (C=O) groups excluding carboxylic acids is 1. The molecule has 0 atom stereocenters. The van der Waals surface area contributed by atoms with Gasteiger partial charge in [-0.15, -0.1) is 0 Å². The third-order valence-corrected chi connectivity index (χ3v) is 4.63. The highest BCUT2D eigenvalue weighted by molar-refractivity contribution is 5.67. The van der Waals surface area contributed by atoms with Crippen LogP contribution in [0.15, 0.2) is 36.7 Å². The Bertz CT molecular complexity index is 742. The number of hydrogen-bond donors (Lipinski definition) is 2. The van der Waals surface area contributed by atoms with E-state index >= 15 is 0 Å². The molecule has 2 aromatic rings. The molecule has 7 heteroatoms. The highest BCUT2D eigenvalue weighted by Gasteiger charge is 2.23. The van der Waals surface area contributed by atoms with Crippen molar-refractivity contribution >= 4 is 17.7 Å². The van der Waals surface area contributed by atoms with Crippen molar-refractivity contribution in [3.8, 4) is 0 Å². The van der Waals surface area contributed by atoms with Crippen molar-refractivity contribution in [2.45, 2.75) is 39.3 Å². The maximum atomic E-state index is 11.8. The number of likely N-dealkylation sites (tertiary alicyclic amines) is 1. The Morgan fingerprint density at radius 2 is 1.89 bits per heavy atom. The molecule has 1 aliphatic heterocycles. The quantitative estimate of drug-likeness (QED) is 0.812. The van der Waals surface area contributed by atoms with E-state index in [9.17, 15) is 4.79 Å². The molecule has 27 heavy (non-hydrogen) atoms. The molecular formula is C20H27N5O2. The van der Waals surface area contributed by atoms with Gasteiger partial charge < -0.3 is 20.3 Å². The average molecular weight is 369 g/mol. The summed E-state index contributed by atoms with van der Waals surface area (Å²) in [5.74, 6) is 1.59. The number of ether oxygens (including phenoxy) is 1. The van der Waals surface area contributed by atoms with Crippen LogP contribution in [0.5, 0.6) is 0 Å². The van der Waals surface area contributed by atoms with Gasteiger partial charge in [-0.05, 0) is 32.3 Å². The molecule has 0 radical (unpaired) electrons. The lowest BCUT2D eigenvalue weighted by Crippen LogP contribution is -2.42. The fraction of sp³-hybridized carbons (Fsp3) is 0.450. The molecule has 1 aromatic heterocycles. The van der Waals surface area contributed by atoms with Crippen LogP contribution >= 0.6 is 0 Å². The minimum absolute atomic E-state index is 0.222. The standard InChI is InChI=1S/C20H27N5O2/c1-3-27-20(26)25-10-8-17(9-11-25)24-19-12-18(22-14-23-19)21-13-16-6-4-15(2)5-7-16/h4-7,12,14,17H,3,8-11,13H2,1-2H3,(H2,21,22,23,24). The SMILES string of the molecule is CCOC(=O)N1CCC(Nc2cc(NCc3ccc(C)cc3)ncn2)CC1. The Balaban J connectivity index is 1.49. The monoisotopic (exact) mass is 369 g/mol. The number of nitrogens with zero attached hydrogens (tertiary/aromatic N) is 3. The summed E-state index contributed by atoms with van der Waals surface area (Å²) in [4.78, 5) is 22.1. The van der Waals surface area contributed by atoms with E-state index in [1.807, 2.05) is 13.0 Å². The van der Waals surface area contributed by atoms with E-state index < -0.39 is 0 Å². The summed E-state index contributed by atoms with van der Waals surface area (Å²) in [6.07, 6.45) is 3.08. The first-order valence-corrected chi connectivity index (χ1v) is 9.43. The molecule has 7 nitrogen and oxygen atoms in total. The number of aromatic nitrogens is 2. The molecule has 1 fully saturated rings. The number of hydrogen-bond acceptors (Lipinski definition) is 6. The van der Waals surface area contributed by atoms with Crippen LogP contribution in [-0.4, -0.2) is 46.7 Å². The van der Waals surface area contributed by atoms with Crippen molar-refractivity contribution < 1.29 is 9.53 Å². The number of carbonyl (C=O) groups is 1. The van der Waals surface area contributed by atoms with Crippen LogP contribution in [0.4, 0.5) is 16.4 Å². The molecule has 1 saturated heterocycles. The predicted molar refractivity (Wildman–Crippen MR) is 106 cm³/mol. The molecule has 0 aliphatic carbocycles. The van der Waals surface area contributed by atoms with E-state index in [1.54, 1.807) is 11.2 Å². The Labute approximate surface area is 160 Å². The van der Waals surface area contributed by atoms with Gasteiger partial charge in [0.1, 0.15) is 18.0 Å². The zero-order chi connectivity index (χ0) is 19.1. The molecule has 0 saturated carbocycles. The first-order valence-electron chi connectivity index (χ1n) is 9.43. The zero-order valence-corrected chi connectivity index (χ0v) is 15.9. The van der Waals surface area contributed by atoms with Gasteiger partial charge in [-0.2, -0.15) is 0 Å². The molecule has 0 unspecified atom stereocenters. The van der Waals surface area contributed by atoms with E-state index in [2.05, 4.69) is 51.8 Å². The topological polar surface area (TPSA) is 79.4 Å². The zero-order valence-electron chi connectivity index (χ0n) is 15.9. The molecule has 3 rings (SSSR count). The third kappa shape index (κ3) is 5.57. The molecule has 2 heterocycles. The Morgan fingerprint density at radius 3 is 2.59 bits per heavy atom. The van der Waals surface area contributed by atoms with Gasteiger partial charge in [0.25, 0.3) is 0 Å². The van der Waals surface area contributed by atoms with Gasteiger partial charge >= 0.3 is 6.09 Å². The Morgan fingerprint density at radius 1 is 1.19 bits per heavy atom. The van der Waals surface area contributed by atoms with Crippen LogP contribution in [0, 0.1) is 6.92 Å². The van der Waals surface area contributed by atoms with Gasteiger partial charge in [0.2, 0.25) is 0 Å². The number of benzene rings is 1. The fourth-order valence-electron chi connectivity index (χ4n) is 3.06. The average Bonchev–Trinajstić information content (AvgIpc) is 2.69. The maximum absolute atomic E-state index is 11.8. The third-order valence-electron chi connectivity index (χ3n) is 4.63. The smallest absolute Gasteiger partial charge is 0.409 e. The van der Waals surface area contributed by atoms with Crippen molar-refractivity contribution in [3.05, 3.63) is 47.8 Å². The Hall–Kier alpha value is -2.83. The highest BCUT2D eigenvalue weighted by Crippen LogP contribution is 2.17. The summed E-state index contributed by atoms with van der Waals surface area (Å²) >= 11 is 0. The second-order valence-electron chi connectivity index (χ2n) is 6.73. The van der Waals surface area contributed by atoms with Gasteiger partial charge in [-0.25, -0.2) is 14.8 Å². The summed E-state index contributed by atoms with van der Waals surface area (Å²) in [5, 5.41) is 6.78. The van der Waals surface area contributed by atoms with Crippen LogP contribution in [0.3, 0.4) is 0 Å². The lowest BCUT2D eigenvalue weighted by atomic mass is 10.1. The van der Waals surface area contributed by atoms with Crippen molar-refractivity contribution in [3.63, 3.8) is 0 Å². The second kappa shape index (κ2) is 9.21. The normalized spacial score (nSPS) is 14.7. The predicted octanol–water partition coefficient (Wildman–Crippen LogP) is 3.43. The van der Waals surface area contributed by atoms with Crippen LogP contribution < -0.4 is 10.6 Å². The molecule has 1 aromatic carbocycles. The number of rotatable bonds is 6. The van der Waals surface area contributed by atoms with E-state index in [1.165, 1.54) is 11.1 Å². The van der Waals surface area contributed by atoms with E-state index in [-0.39, 0.29) is 12.1 Å². The van der Waals surface area contributed by atoms with Crippen LogP contribution in [-0.2, 0) is 11.3 Å². The van der Waals surface area contributed by atoms with Gasteiger partial charge in [0, 0.05) is 31.7 Å². The molecule has 144 valence electrons. The summed E-state index contributed by atoms with van der Waals surface area (Å²) < 4.78 is 5.06. The number of anilines is 2. The molecule has 0 spiro atoms. The van der Waals surface area contributed by atoms with Crippen molar-refractivity contribution in [2.24, 2.45) is 0 Å². The van der Waals surface area contributed by atoms with Gasteiger partial charge in [-0.3, -0.25) is 0 Å². The number of aryl methyl sites for hydroxylation is 1. The second-order valence-corrected chi connectivity index (χ2v) is 6.73. The van der Waals surface area contributed by atoms with Gasteiger partial charge in [-0.1, -0.05) is 29.8 Å². The van der Waals surface area contributed by atoms with Crippen molar-refractivity contribution in [1.82, 2.24) is 14.9 Å². The minimum Gasteiger partial charge on any atom is -0.450 e. The summed E-state index contributed by atoms with van der Waals surface area (Å²) in [5.41, 5.74) is 2.46. The Kier molecular flexibility index (Phi) is 6.46. The minimum atomic E-state index is -0.222. The largest absolute Gasteiger partial charge is 0.450 e. The molecule has 0 bridgehead atoms. The summed E-state index contributed by atoms with van der Waals surface area (Å²) in [7, 11) is 0. The van der Waals surface area contributed by atoms with E-state index in [4.69, 9.17) is 4.74 Å². The number of nitrogens with one attached hydrogen (secondary N) is 2. The maximum Gasteiger partial charge on any atom is 0.409 e. The summed E-state index contributed by atoms with van der Waals surface area (Å²) in [6.45, 7) is 6.42. The first kappa shape index (κ1) is 18.9. The fourth-order valence-corrected chi connectivity index (χ4v) is 3.06. The number of piperidine rings is 1. The van der Waals surface area contributed by atoms with E-state index in [0.717, 1.165) is 24.5 Å². The van der Waals surface area contributed by atoms with Gasteiger partial charge in [0.15, 0.2) is 0 Å². The van der Waals surface area contributed by atoms with E-state index in [0.29, 0.717) is 26.2 Å². The number of amides is 1. The lowest BCUT2D eigenvalue weighted by Gasteiger charge is -2.31. The van der Waals surface area contributed by atoms with Crippen LogP contribution in [0.1, 0.15) is 30.9 Å². The molecule has 1 aliphatic rings. The lowest BCUT2D eigenvalue weighted by molar-refractivity contribution is 0.0983. The van der Waals surface area contributed by atoms with Crippen LogP contribution in [0.25, 0.3) is 0 Å². The molecule has 2 N–H and O–H groups in total. The van der Waals surface area contributed by atoms with Crippen molar-refractivity contribution in [2.75, 3.05) is 30.3 Å². The molecular weight excluding hydrogens is 342 g/mol. The van der Waals surface area contributed by atoms with Crippen molar-refractivity contribution in [1.29, 1.82) is 0 Å². The molecule has 1 amide bonds. The summed E-state index contributed by atoms with van der Waals surface area (Å²) in [6, 6.07) is 10.6.